The van der Waals surface area contributed by atoms with Gasteiger partial charge in [-0.1, -0.05) is 13.8 Å². The average Bonchev–Trinajstić information content (AvgIpc) is 3.18. The fourth-order valence-corrected chi connectivity index (χ4v) is 3.11. The van der Waals surface area contributed by atoms with Crippen molar-refractivity contribution < 1.29 is 9.90 Å². The van der Waals surface area contributed by atoms with E-state index in [9.17, 15) is 9.90 Å². The molecule has 0 bridgehead atoms. The fourth-order valence-electron chi connectivity index (χ4n) is 2.45. The van der Waals surface area contributed by atoms with Crippen molar-refractivity contribution in [3.05, 3.63) is 40.3 Å². The van der Waals surface area contributed by atoms with Crippen LogP contribution in [0, 0.1) is 0 Å². The van der Waals surface area contributed by atoms with Gasteiger partial charge in [-0.2, -0.15) is 16.4 Å². The van der Waals surface area contributed by atoms with Gasteiger partial charge in [0.15, 0.2) is 0 Å². The zero-order valence-corrected chi connectivity index (χ0v) is 13.9. The molecule has 0 saturated carbocycles. The second-order valence-electron chi connectivity index (χ2n) is 5.25. The van der Waals surface area contributed by atoms with Gasteiger partial charge in [-0.05, 0) is 41.3 Å². The molecule has 0 aliphatic carbocycles. The third-order valence-electron chi connectivity index (χ3n) is 3.69. The maximum atomic E-state index is 12.9. The third-order valence-corrected chi connectivity index (χ3v) is 4.42. The summed E-state index contributed by atoms with van der Waals surface area (Å²) in [5.41, 5.74) is 1.68. The molecule has 0 unspecified atom stereocenters. The van der Waals surface area contributed by atoms with E-state index < -0.39 is 0 Å². The standard InChI is InChI=1S/C16H23N3O2S/c1-3-8-19-15(5-7-17-19)16(21)18(14(4-2)11-20)10-13-6-9-22-12-13/h5-7,9,12,14,20H,3-4,8,10-11H2,1-2H3/t14-/m1/s1. The molecule has 0 radical (unpaired) electrons. The lowest BCUT2D eigenvalue weighted by Crippen LogP contribution is -2.42. The van der Waals surface area contributed by atoms with Crippen molar-refractivity contribution in [1.29, 1.82) is 0 Å². The van der Waals surface area contributed by atoms with Crippen molar-refractivity contribution in [3.63, 3.8) is 0 Å². The molecule has 2 aromatic rings. The number of aliphatic hydroxyl groups excluding tert-OH is 1. The number of carbonyl (C=O) groups is 1. The molecule has 5 nitrogen and oxygen atoms in total. The Morgan fingerprint density at radius 3 is 2.86 bits per heavy atom. The number of aryl methyl sites for hydroxylation is 1. The van der Waals surface area contributed by atoms with Crippen LogP contribution in [0.1, 0.15) is 42.7 Å². The zero-order chi connectivity index (χ0) is 15.9. The molecular formula is C16H23N3O2S. The lowest BCUT2D eigenvalue weighted by molar-refractivity contribution is 0.0551. The summed E-state index contributed by atoms with van der Waals surface area (Å²) >= 11 is 1.61. The monoisotopic (exact) mass is 321 g/mol. The number of thiophene rings is 1. The van der Waals surface area contributed by atoms with Crippen LogP contribution in [-0.2, 0) is 13.1 Å². The highest BCUT2D eigenvalue weighted by Crippen LogP contribution is 2.17. The van der Waals surface area contributed by atoms with Gasteiger partial charge in [0, 0.05) is 19.3 Å². The minimum atomic E-state index is -0.183. The van der Waals surface area contributed by atoms with Gasteiger partial charge in [0.05, 0.1) is 12.6 Å². The first-order valence-electron chi connectivity index (χ1n) is 7.65. The molecule has 0 saturated heterocycles. The fraction of sp³-hybridized carbons (Fsp3) is 0.500. The van der Waals surface area contributed by atoms with Crippen molar-refractivity contribution in [2.45, 2.75) is 45.8 Å². The van der Waals surface area contributed by atoms with Crippen LogP contribution in [0.3, 0.4) is 0 Å². The van der Waals surface area contributed by atoms with Crippen LogP contribution in [0.25, 0.3) is 0 Å². The van der Waals surface area contributed by atoms with Crippen LogP contribution < -0.4 is 0 Å². The summed E-state index contributed by atoms with van der Waals surface area (Å²) in [4.78, 5) is 14.7. The van der Waals surface area contributed by atoms with Crippen LogP contribution >= 0.6 is 11.3 Å². The van der Waals surface area contributed by atoms with E-state index in [-0.39, 0.29) is 18.6 Å². The molecule has 1 N–H and O–H groups in total. The quantitative estimate of drug-likeness (QED) is 0.813. The first-order valence-corrected chi connectivity index (χ1v) is 8.60. The first-order chi connectivity index (χ1) is 10.7. The molecule has 0 spiro atoms. The van der Waals surface area contributed by atoms with E-state index in [1.54, 1.807) is 33.2 Å². The number of carbonyl (C=O) groups excluding carboxylic acids is 1. The molecule has 22 heavy (non-hydrogen) atoms. The number of aliphatic hydroxyl groups is 1. The van der Waals surface area contributed by atoms with Gasteiger partial charge in [-0.25, -0.2) is 0 Å². The summed E-state index contributed by atoms with van der Waals surface area (Å²) in [6, 6.07) is 3.58. The second-order valence-corrected chi connectivity index (χ2v) is 6.03. The minimum absolute atomic E-state index is 0.0334. The Hall–Kier alpha value is -1.66. The molecule has 2 heterocycles. The highest BCUT2D eigenvalue weighted by molar-refractivity contribution is 7.07. The third kappa shape index (κ3) is 3.75. The summed E-state index contributed by atoms with van der Waals surface area (Å²) in [6.45, 7) is 5.24. The highest BCUT2D eigenvalue weighted by atomic mass is 32.1. The van der Waals surface area contributed by atoms with Crippen LogP contribution in [0.4, 0.5) is 0 Å². The number of hydrogen-bond acceptors (Lipinski definition) is 4. The Balaban J connectivity index is 2.26. The summed E-state index contributed by atoms with van der Waals surface area (Å²) < 4.78 is 1.74. The van der Waals surface area contributed by atoms with E-state index in [1.807, 2.05) is 23.8 Å². The molecule has 1 amide bonds. The van der Waals surface area contributed by atoms with Crippen molar-refractivity contribution in [1.82, 2.24) is 14.7 Å². The van der Waals surface area contributed by atoms with E-state index in [1.165, 1.54) is 0 Å². The number of rotatable bonds is 8. The van der Waals surface area contributed by atoms with Crippen LogP contribution in [0.15, 0.2) is 29.1 Å². The number of aromatic nitrogens is 2. The van der Waals surface area contributed by atoms with Gasteiger partial charge in [0.1, 0.15) is 5.69 Å². The van der Waals surface area contributed by atoms with Crippen LogP contribution in [0.5, 0.6) is 0 Å². The molecule has 1 atom stereocenters. The predicted molar refractivity (Wildman–Crippen MR) is 87.9 cm³/mol. The second kappa shape index (κ2) is 8.10. The van der Waals surface area contributed by atoms with Gasteiger partial charge < -0.3 is 10.0 Å². The molecule has 0 aromatic carbocycles. The SMILES string of the molecule is CCCn1nccc1C(=O)N(Cc1ccsc1)[C@H](CC)CO. The van der Waals surface area contributed by atoms with Crippen molar-refractivity contribution in [2.24, 2.45) is 0 Å². The summed E-state index contributed by atoms with van der Waals surface area (Å²) in [6.07, 6.45) is 3.30. The molecule has 0 aliphatic rings. The molecule has 6 heteroatoms. The Bertz CT molecular complexity index is 576. The summed E-state index contributed by atoms with van der Waals surface area (Å²) in [5.74, 6) is -0.0712. The smallest absolute Gasteiger partial charge is 0.272 e. The predicted octanol–water partition coefficient (Wildman–Crippen LogP) is 2.77. The molecule has 2 rings (SSSR count). The largest absolute Gasteiger partial charge is 0.394 e. The van der Waals surface area contributed by atoms with E-state index >= 15 is 0 Å². The normalized spacial score (nSPS) is 12.3. The average molecular weight is 321 g/mol. The van der Waals surface area contributed by atoms with E-state index in [4.69, 9.17) is 0 Å². The van der Waals surface area contributed by atoms with Crippen molar-refractivity contribution in [3.8, 4) is 0 Å². The van der Waals surface area contributed by atoms with Crippen molar-refractivity contribution in [2.75, 3.05) is 6.61 Å². The molecule has 120 valence electrons. The Morgan fingerprint density at radius 2 is 2.27 bits per heavy atom. The topological polar surface area (TPSA) is 58.4 Å². The first kappa shape index (κ1) is 16.7. The Labute approximate surface area is 135 Å². The molecule has 0 fully saturated rings. The summed E-state index contributed by atoms with van der Waals surface area (Å²) in [7, 11) is 0. The number of amides is 1. The van der Waals surface area contributed by atoms with Gasteiger partial charge in [0.25, 0.3) is 5.91 Å². The maximum Gasteiger partial charge on any atom is 0.272 e. The van der Waals surface area contributed by atoms with E-state index in [0.717, 1.165) is 18.5 Å². The number of nitrogens with zero attached hydrogens (tertiary/aromatic N) is 3. The van der Waals surface area contributed by atoms with Gasteiger partial charge in [-0.3, -0.25) is 9.48 Å². The van der Waals surface area contributed by atoms with Crippen LogP contribution in [-0.4, -0.2) is 38.3 Å². The van der Waals surface area contributed by atoms with E-state index in [0.29, 0.717) is 18.7 Å². The minimum Gasteiger partial charge on any atom is -0.394 e. The molecule has 0 aliphatic heterocycles. The van der Waals surface area contributed by atoms with Crippen molar-refractivity contribution >= 4 is 17.2 Å². The molecular weight excluding hydrogens is 298 g/mol. The highest BCUT2D eigenvalue weighted by Gasteiger charge is 2.25. The van der Waals surface area contributed by atoms with Gasteiger partial charge >= 0.3 is 0 Å². The number of hydrogen-bond donors (Lipinski definition) is 1. The van der Waals surface area contributed by atoms with Crippen LogP contribution in [0.2, 0.25) is 0 Å². The van der Waals surface area contributed by atoms with Gasteiger partial charge in [0.2, 0.25) is 0 Å². The molecule has 2 aromatic heterocycles. The lowest BCUT2D eigenvalue weighted by Gasteiger charge is -2.30. The maximum absolute atomic E-state index is 12.9. The van der Waals surface area contributed by atoms with Gasteiger partial charge in [-0.15, -0.1) is 0 Å². The van der Waals surface area contributed by atoms with E-state index in [2.05, 4.69) is 12.0 Å². The lowest BCUT2D eigenvalue weighted by atomic mass is 10.1. The zero-order valence-electron chi connectivity index (χ0n) is 13.1. The Kier molecular flexibility index (Phi) is 6.15. The summed E-state index contributed by atoms with van der Waals surface area (Å²) in [5, 5.41) is 17.9. The Morgan fingerprint density at radius 1 is 1.45 bits per heavy atom.